The van der Waals surface area contributed by atoms with Gasteiger partial charge in [0.25, 0.3) is 5.91 Å². The number of likely N-dealkylation sites (N-methyl/N-ethyl adjacent to an activating group) is 1. The molecule has 1 atom stereocenters. The molecule has 0 unspecified atom stereocenters. The second kappa shape index (κ2) is 5.83. The van der Waals surface area contributed by atoms with Gasteiger partial charge < -0.3 is 10.0 Å². The number of fused-ring (bicyclic) bond motifs is 1. The molecule has 3 rings (SSSR count). The minimum atomic E-state index is -1.83. The molecule has 0 aromatic heterocycles. The fraction of sp³-hybridized carbons (Fsp3) is 0.263. The predicted molar refractivity (Wildman–Crippen MR) is 96.3 cm³/mol. The maximum atomic E-state index is 12.7. The number of rotatable bonds is 3. The van der Waals surface area contributed by atoms with Crippen molar-refractivity contribution < 1.29 is 14.7 Å². The number of halogens is 1. The number of aliphatic hydroxyl groups is 1. The number of amides is 1. The summed E-state index contributed by atoms with van der Waals surface area (Å²) in [5.41, 5.74) is 1.70. The van der Waals surface area contributed by atoms with E-state index in [9.17, 15) is 14.7 Å². The number of benzene rings is 2. The van der Waals surface area contributed by atoms with Crippen molar-refractivity contribution in [2.75, 3.05) is 11.9 Å². The van der Waals surface area contributed by atoms with E-state index in [4.69, 9.17) is 0 Å². The number of carbonyl (C=O) groups excluding carboxylic acids is 2. The SMILES string of the molecule is Cc1ccc(C(=O)C[C@]2(O)C(=O)N(C)c3ccc(Br)cc32)c(C)c1. The number of hydrogen-bond acceptors (Lipinski definition) is 3. The Morgan fingerprint density at radius 1 is 1.21 bits per heavy atom. The van der Waals surface area contributed by atoms with Crippen molar-refractivity contribution >= 4 is 33.3 Å². The number of nitrogens with zero attached hydrogens (tertiary/aromatic N) is 1. The number of ketones is 1. The van der Waals surface area contributed by atoms with Gasteiger partial charge in [0.05, 0.1) is 12.1 Å². The van der Waals surface area contributed by atoms with Crippen LogP contribution in [0.4, 0.5) is 5.69 Å². The molecule has 2 aromatic rings. The lowest BCUT2D eigenvalue weighted by Gasteiger charge is -2.21. The molecular weight excluding hydrogens is 370 g/mol. The molecule has 0 fully saturated rings. The topological polar surface area (TPSA) is 57.6 Å². The van der Waals surface area contributed by atoms with E-state index in [2.05, 4.69) is 15.9 Å². The van der Waals surface area contributed by atoms with E-state index in [1.165, 1.54) is 4.90 Å². The summed E-state index contributed by atoms with van der Waals surface area (Å²) in [4.78, 5) is 26.8. The number of aryl methyl sites for hydroxylation is 2. The zero-order chi connectivity index (χ0) is 17.6. The van der Waals surface area contributed by atoms with Gasteiger partial charge in [-0.3, -0.25) is 9.59 Å². The van der Waals surface area contributed by atoms with Crippen LogP contribution in [0.25, 0.3) is 0 Å². The van der Waals surface area contributed by atoms with Crippen LogP contribution >= 0.6 is 15.9 Å². The molecule has 5 heteroatoms. The second-order valence-electron chi connectivity index (χ2n) is 6.30. The summed E-state index contributed by atoms with van der Waals surface area (Å²) >= 11 is 3.36. The molecule has 0 radical (unpaired) electrons. The third-order valence-corrected chi connectivity index (χ3v) is 5.02. The van der Waals surface area contributed by atoms with Crippen LogP contribution in [0.1, 0.15) is 33.5 Å². The molecule has 24 heavy (non-hydrogen) atoms. The van der Waals surface area contributed by atoms with Crippen molar-refractivity contribution in [1.29, 1.82) is 0 Å². The Morgan fingerprint density at radius 3 is 2.58 bits per heavy atom. The van der Waals surface area contributed by atoms with E-state index in [1.54, 1.807) is 31.3 Å². The summed E-state index contributed by atoms with van der Waals surface area (Å²) in [6, 6.07) is 10.8. The van der Waals surface area contributed by atoms with E-state index in [1.807, 2.05) is 26.0 Å². The van der Waals surface area contributed by atoms with E-state index in [0.717, 1.165) is 15.6 Å². The Morgan fingerprint density at radius 2 is 1.92 bits per heavy atom. The lowest BCUT2D eigenvalue weighted by atomic mass is 9.87. The predicted octanol–water partition coefficient (Wildman–Crippen LogP) is 3.50. The van der Waals surface area contributed by atoms with Crippen molar-refractivity contribution in [3.8, 4) is 0 Å². The van der Waals surface area contributed by atoms with Crippen LogP contribution in [0.3, 0.4) is 0 Å². The maximum absolute atomic E-state index is 12.7. The smallest absolute Gasteiger partial charge is 0.263 e. The van der Waals surface area contributed by atoms with Crippen LogP contribution < -0.4 is 4.90 Å². The molecule has 1 aliphatic rings. The van der Waals surface area contributed by atoms with Gasteiger partial charge in [0, 0.05) is 22.6 Å². The molecule has 0 bridgehead atoms. The Balaban J connectivity index is 2.01. The summed E-state index contributed by atoms with van der Waals surface area (Å²) in [6.45, 7) is 3.81. The standard InChI is InChI=1S/C19H18BrNO3/c1-11-4-6-14(12(2)8-11)17(22)10-19(24)15-9-13(20)5-7-16(15)21(3)18(19)23/h4-9,24H,10H2,1-3H3/t19-/m1/s1. The molecule has 1 N–H and O–H groups in total. The fourth-order valence-corrected chi connectivity index (χ4v) is 3.62. The number of Topliss-reactive ketones (excluding diaryl/α,β-unsaturated/α-hetero) is 1. The first-order chi connectivity index (χ1) is 11.2. The molecule has 4 nitrogen and oxygen atoms in total. The number of carbonyl (C=O) groups is 2. The zero-order valence-electron chi connectivity index (χ0n) is 13.8. The molecule has 1 aliphatic heterocycles. The average molecular weight is 388 g/mol. The molecule has 0 saturated carbocycles. The maximum Gasteiger partial charge on any atom is 0.263 e. The minimum Gasteiger partial charge on any atom is -0.375 e. The molecule has 0 spiro atoms. The highest BCUT2D eigenvalue weighted by atomic mass is 79.9. The Hall–Kier alpha value is -1.98. The summed E-state index contributed by atoms with van der Waals surface area (Å²) in [5, 5.41) is 11.1. The van der Waals surface area contributed by atoms with Crippen molar-refractivity contribution in [1.82, 2.24) is 0 Å². The quantitative estimate of drug-likeness (QED) is 0.819. The Labute approximate surface area is 149 Å². The molecule has 1 heterocycles. The van der Waals surface area contributed by atoms with E-state index < -0.39 is 11.5 Å². The number of anilines is 1. The van der Waals surface area contributed by atoms with Crippen LogP contribution in [-0.4, -0.2) is 23.8 Å². The molecule has 0 saturated heterocycles. The average Bonchev–Trinajstić information content (AvgIpc) is 2.69. The van der Waals surface area contributed by atoms with Crippen LogP contribution in [0.2, 0.25) is 0 Å². The fourth-order valence-electron chi connectivity index (χ4n) is 3.26. The van der Waals surface area contributed by atoms with Crippen LogP contribution in [0, 0.1) is 13.8 Å². The third kappa shape index (κ3) is 2.58. The van der Waals surface area contributed by atoms with Crippen molar-refractivity contribution in [3.05, 3.63) is 63.1 Å². The van der Waals surface area contributed by atoms with Gasteiger partial charge in [-0.15, -0.1) is 0 Å². The molecular formula is C19H18BrNO3. The van der Waals surface area contributed by atoms with Crippen molar-refractivity contribution in [3.63, 3.8) is 0 Å². The first-order valence-electron chi connectivity index (χ1n) is 7.65. The zero-order valence-corrected chi connectivity index (χ0v) is 15.3. The second-order valence-corrected chi connectivity index (χ2v) is 7.22. The van der Waals surface area contributed by atoms with Crippen LogP contribution in [0.15, 0.2) is 40.9 Å². The molecule has 124 valence electrons. The van der Waals surface area contributed by atoms with Crippen molar-refractivity contribution in [2.45, 2.75) is 25.9 Å². The molecule has 1 amide bonds. The molecule has 0 aliphatic carbocycles. The van der Waals surface area contributed by atoms with Gasteiger partial charge in [-0.25, -0.2) is 0 Å². The van der Waals surface area contributed by atoms with Gasteiger partial charge in [0.2, 0.25) is 0 Å². The summed E-state index contributed by atoms with van der Waals surface area (Å²) in [7, 11) is 1.61. The lowest BCUT2D eigenvalue weighted by molar-refractivity contribution is -0.135. The largest absolute Gasteiger partial charge is 0.375 e. The first kappa shape index (κ1) is 16.9. The first-order valence-corrected chi connectivity index (χ1v) is 8.44. The molecule has 2 aromatic carbocycles. The number of hydrogen-bond donors (Lipinski definition) is 1. The van der Waals surface area contributed by atoms with Crippen molar-refractivity contribution in [2.24, 2.45) is 0 Å². The van der Waals surface area contributed by atoms with Gasteiger partial charge in [0.15, 0.2) is 11.4 Å². The van der Waals surface area contributed by atoms with Gasteiger partial charge in [-0.05, 0) is 37.6 Å². The van der Waals surface area contributed by atoms with Crippen LogP contribution in [0.5, 0.6) is 0 Å². The highest BCUT2D eigenvalue weighted by Gasteiger charge is 2.49. The highest BCUT2D eigenvalue weighted by Crippen LogP contribution is 2.43. The Kier molecular flexibility index (Phi) is 4.10. The van der Waals surface area contributed by atoms with E-state index in [-0.39, 0.29) is 12.2 Å². The summed E-state index contributed by atoms with van der Waals surface area (Å²) in [5.74, 6) is -0.724. The van der Waals surface area contributed by atoms with Crippen LogP contribution in [-0.2, 0) is 10.4 Å². The monoisotopic (exact) mass is 387 g/mol. The normalized spacial score (nSPS) is 19.5. The van der Waals surface area contributed by atoms with Gasteiger partial charge >= 0.3 is 0 Å². The lowest BCUT2D eigenvalue weighted by Crippen LogP contribution is -2.40. The van der Waals surface area contributed by atoms with E-state index >= 15 is 0 Å². The van der Waals surface area contributed by atoms with Gasteiger partial charge in [-0.2, -0.15) is 0 Å². The highest BCUT2D eigenvalue weighted by molar-refractivity contribution is 9.10. The van der Waals surface area contributed by atoms with Gasteiger partial charge in [-0.1, -0.05) is 39.7 Å². The summed E-state index contributed by atoms with van der Waals surface area (Å²) < 4.78 is 0.752. The minimum absolute atomic E-state index is 0.246. The summed E-state index contributed by atoms with van der Waals surface area (Å²) in [6.07, 6.45) is -0.274. The third-order valence-electron chi connectivity index (χ3n) is 4.52. The Bertz CT molecular complexity index is 862. The van der Waals surface area contributed by atoms with Gasteiger partial charge in [0.1, 0.15) is 0 Å². The van der Waals surface area contributed by atoms with E-state index in [0.29, 0.717) is 16.8 Å².